The lowest BCUT2D eigenvalue weighted by molar-refractivity contribution is 0.0939. The fourth-order valence-electron chi connectivity index (χ4n) is 2.92. The molecule has 24 heavy (non-hydrogen) atoms. The number of hydrogen-bond acceptors (Lipinski definition) is 5. The number of thiophene rings is 1. The van der Waals surface area contributed by atoms with Crippen molar-refractivity contribution in [2.75, 3.05) is 5.32 Å². The summed E-state index contributed by atoms with van der Waals surface area (Å²) in [5.41, 5.74) is 0.195. The summed E-state index contributed by atoms with van der Waals surface area (Å²) in [5.74, 6) is -0.231. The highest BCUT2D eigenvalue weighted by atomic mass is 32.1. The van der Waals surface area contributed by atoms with Gasteiger partial charge in [-0.2, -0.15) is 0 Å². The number of rotatable bonds is 1. The van der Waals surface area contributed by atoms with Crippen molar-refractivity contribution in [3.63, 3.8) is 0 Å². The Morgan fingerprint density at radius 2 is 1.83 bits per heavy atom. The summed E-state index contributed by atoms with van der Waals surface area (Å²) < 4.78 is 3.36. The van der Waals surface area contributed by atoms with E-state index in [9.17, 15) is 14.4 Å². The van der Waals surface area contributed by atoms with Crippen LogP contribution in [0.3, 0.4) is 0 Å². The first-order valence-corrected chi connectivity index (χ1v) is 8.14. The monoisotopic (exact) mass is 342 g/mol. The van der Waals surface area contributed by atoms with E-state index in [0.29, 0.717) is 10.4 Å². The lowest BCUT2D eigenvalue weighted by Gasteiger charge is -2.26. The van der Waals surface area contributed by atoms with Gasteiger partial charge in [-0.05, 0) is 6.07 Å². The number of carbonyl (C=O) groups excluding carboxylic acids is 1. The van der Waals surface area contributed by atoms with Crippen molar-refractivity contribution in [2.24, 2.45) is 14.1 Å². The van der Waals surface area contributed by atoms with Crippen LogP contribution in [-0.2, 0) is 14.1 Å². The molecular weight excluding hydrogens is 328 g/mol. The Bertz CT molecular complexity index is 1110. The van der Waals surface area contributed by atoms with Crippen LogP contribution in [-0.4, -0.2) is 15.0 Å². The number of carbonyl (C=O) groups is 1. The molecule has 122 valence electrons. The van der Waals surface area contributed by atoms with Crippen molar-refractivity contribution in [3.8, 4) is 0 Å². The summed E-state index contributed by atoms with van der Waals surface area (Å²) in [6.45, 7) is 0. The van der Waals surface area contributed by atoms with Crippen molar-refractivity contribution in [1.29, 1.82) is 0 Å². The molecule has 1 atom stereocenters. The summed E-state index contributed by atoms with van der Waals surface area (Å²) >= 11 is 1.40. The SMILES string of the molecule is Cn1cc(C2NC(=O)c3sc4ccccc4c3N2)c(=O)n(C)c1=O. The zero-order valence-electron chi connectivity index (χ0n) is 13.0. The zero-order chi connectivity index (χ0) is 17.0. The van der Waals surface area contributed by atoms with Crippen molar-refractivity contribution in [2.45, 2.75) is 6.17 Å². The topological polar surface area (TPSA) is 85.1 Å². The van der Waals surface area contributed by atoms with Crippen LogP contribution >= 0.6 is 11.3 Å². The van der Waals surface area contributed by atoms with Crippen molar-refractivity contribution in [3.05, 3.63) is 61.7 Å². The van der Waals surface area contributed by atoms with Gasteiger partial charge in [0.1, 0.15) is 11.0 Å². The summed E-state index contributed by atoms with van der Waals surface area (Å²) in [6.07, 6.45) is 0.774. The zero-order valence-corrected chi connectivity index (χ0v) is 13.8. The largest absolute Gasteiger partial charge is 0.359 e. The molecule has 7 nitrogen and oxygen atoms in total. The molecule has 0 bridgehead atoms. The summed E-state index contributed by atoms with van der Waals surface area (Å²) in [6, 6.07) is 7.71. The molecule has 2 N–H and O–H groups in total. The number of nitrogens with one attached hydrogen (secondary N) is 2. The van der Waals surface area contributed by atoms with E-state index in [-0.39, 0.29) is 5.91 Å². The van der Waals surface area contributed by atoms with Crippen LogP contribution < -0.4 is 21.9 Å². The number of benzene rings is 1. The van der Waals surface area contributed by atoms with Crippen LogP contribution in [0.4, 0.5) is 5.69 Å². The highest BCUT2D eigenvalue weighted by molar-refractivity contribution is 7.21. The first-order chi connectivity index (χ1) is 11.5. The second kappa shape index (κ2) is 5.07. The third-order valence-electron chi connectivity index (χ3n) is 4.15. The summed E-state index contributed by atoms with van der Waals surface area (Å²) in [7, 11) is 2.99. The second-order valence-corrected chi connectivity index (χ2v) is 6.75. The van der Waals surface area contributed by atoms with Crippen molar-refractivity contribution >= 4 is 33.0 Å². The van der Waals surface area contributed by atoms with Crippen LogP contribution in [0.15, 0.2) is 40.1 Å². The minimum Gasteiger partial charge on any atom is -0.359 e. The molecule has 1 amide bonds. The van der Waals surface area contributed by atoms with Crippen LogP contribution in [0.25, 0.3) is 10.1 Å². The number of aryl methyl sites for hydroxylation is 1. The molecular formula is C16H14N4O3S. The molecule has 0 spiro atoms. The molecule has 0 saturated heterocycles. The Morgan fingerprint density at radius 1 is 1.08 bits per heavy atom. The van der Waals surface area contributed by atoms with Crippen LogP contribution in [0.5, 0.6) is 0 Å². The maximum Gasteiger partial charge on any atom is 0.330 e. The third kappa shape index (κ3) is 2.00. The predicted octanol–water partition coefficient (Wildman–Crippen LogP) is 1.15. The number of nitrogens with zero attached hydrogens (tertiary/aromatic N) is 2. The van der Waals surface area contributed by atoms with Crippen LogP contribution in [0.1, 0.15) is 21.4 Å². The standard InChI is InChI=1S/C16H14N4O3S/c1-19-7-9(15(22)20(2)16(19)23)13-17-11-8-5-3-4-6-10(8)24-12(11)14(21)18-13/h3-7,13,17H,1-2H3,(H,18,21). The Kier molecular flexibility index (Phi) is 3.10. The summed E-state index contributed by atoms with van der Waals surface area (Å²) in [5, 5.41) is 6.97. The highest BCUT2D eigenvalue weighted by Crippen LogP contribution is 2.39. The van der Waals surface area contributed by atoms with Gasteiger partial charge >= 0.3 is 5.69 Å². The molecule has 3 heterocycles. The van der Waals surface area contributed by atoms with Gasteiger partial charge in [0.25, 0.3) is 11.5 Å². The van der Waals surface area contributed by atoms with Gasteiger partial charge in [-0.3, -0.25) is 14.2 Å². The van der Waals surface area contributed by atoms with Gasteiger partial charge in [0, 0.05) is 30.4 Å². The Balaban J connectivity index is 1.88. The molecule has 4 rings (SSSR count). The molecule has 0 saturated carbocycles. The number of amides is 1. The normalized spacial score (nSPS) is 16.6. The van der Waals surface area contributed by atoms with Gasteiger partial charge in [0.05, 0.1) is 11.3 Å². The van der Waals surface area contributed by atoms with E-state index in [2.05, 4.69) is 10.6 Å². The van der Waals surface area contributed by atoms with Crippen LogP contribution in [0.2, 0.25) is 0 Å². The minimum atomic E-state index is -0.687. The summed E-state index contributed by atoms with van der Waals surface area (Å²) in [4.78, 5) is 37.3. The van der Waals surface area contributed by atoms with Gasteiger partial charge in [-0.25, -0.2) is 4.79 Å². The van der Waals surface area contributed by atoms with Crippen molar-refractivity contribution in [1.82, 2.24) is 14.5 Å². The number of aromatic nitrogens is 2. The molecule has 3 aromatic rings. The van der Waals surface area contributed by atoms with Crippen LogP contribution in [0, 0.1) is 0 Å². The Labute approximate surface area is 140 Å². The van der Waals surface area contributed by atoms with Crippen molar-refractivity contribution < 1.29 is 4.79 Å². The van der Waals surface area contributed by atoms with Gasteiger partial charge in [0.15, 0.2) is 0 Å². The number of anilines is 1. The molecule has 1 aromatic carbocycles. The number of fused-ring (bicyclic) bond motifs is 3. The van der Waals surface area contributed by atoms with E-state index in [1.54, 1.807) is 7.05 Å². The van der Waals surface area contributed by atoms with E-state index < -0.39 is 17.4 Å². The first kappa shape index (κ1) is 14.7. The lowest BCUT2D eigenvalue weighted by atomic mass is 10.1. The average molecular weight is 342 g/mol. The highest BCUT2D eigenvalue weighted by Gasteiger charge is 2.30. The van der Waals surface area contributed by atoms with E-state index in [4.69, 9.17) is 0 Å². The van der Waals surface area contributed by atoms with E-state index in [1.807, 2.05) is 24.3 Å². The molecule has 1 aliphatic rings. The Hall–Kier alpha value is -2.87. The maximum absolute atomic E-state index is 12.5. The predicted molar refractivity (Wildman–Crippen MR) is 92.6 cm³/mol. The lowest BCUT2D eigenvalue weighted by Crippen LogP contribution is -2.45. The number of hydrogen-bond donors (Lipinski definition) is 2. The van der Waals surface area contributed by atoms with Gasteiger partial charge < -0.3 is 15.2 Å². The smallest absolute Gasteiger partial charge is 0.330 e. The fraction of sp³-hybridized carbons (Fsp3) is 0.188. The fourth-order valence-corrected chi connectivity index (χ4v) is 3.98. The minimum absolute atomic E-state index is 0.231. The molecule has 0 fully saturated rings. The quantitative estimate of drug-likeness (QED) is 0.695. The molecule has 1 unspecified atom stereocenters. The third-order valence-corrected chi connectivity index (χ3v) is 5.32. The van der Waals surface area contributed by atoms with E-state index in [0.717, 1.165) is 20.3 Å². The first-order valence-electron chi connectivity index (χ1n) is 7.33. The average Bonchev–Trinajstić information content (AvgIpc) is 2.96. The molecule has 1 aliphatic heterocycles. The maximum atomic E-state index is 12.5. The molecule has 0 aliphatic carbocycles. The van der Waals surface area contributed by atoms with E-state index in [1.165, 1.54) is 29.1 Å². The van der Waals surface area contributed by atoms with E-state index >= 15 is 0 Å². The molecule has 2 aromatic heterocycles. The molecule has 0 radical (unpaired) electrons. The Morgan fingerprint density at radius 3 is 2.62 bits per heavy atom. The van der Waals surface area contributed by atoms with Gasteiger partial charge in [-0.1, -0.05) is 18.2 Å². The van der Waals surface area contributed by atoms with Gasteiger partial charge in [0.2, 0.25) is 0 Å². The molecule has 8 heteroatoms. The second-order valence-electron chi connectivity index (χ2n) is 5.70. The van der Waals surface area contributed by atoms with Gasteiger partial charge in [-0.15, -0.1) is 11.3 Å².